The molecule has 0 unspecified atom stereocenters. The Hall–Kier alpha value is -1.26. The maximum absolute atomic E-state index is 12.6. The van der Waals surface area contributed by atoms with Crippen molar-refractivity contribution in [2.75, 3.05) is 13.2 Å². The van der Waals surface area contributed by atoms with E-state index in [0.29, 0.717) is 25.5 Å². The van der Waals surface area contributed by atoms with Gasteiger partial charge in [-0.1, -0.05) is 143 Å². The first kappa shape index (κ1) is 34.7. The molecule has 214 valence electrons. The number of nitrogens with one attached hydrogen (secondary N) is 2. The van der Waals surface area contributed by atoms with E-state index in [-0.39, 0.29) is 5.91 Å². The summed E-state index contributed by atoms with van der Waals surface area (Å²) in [5.74, 6) is 0.228. The molecule has 0 spiro atoms. The molecule has 36 heavy (non-hydrogen) atoms. The summed E-state index contributed by atoms with van der Waals surface area (Å²) in [7, 11) is 0. The summed E-state index contributed by atoms with van der Waals surface area (Å²) < 4.78 is 5.36. The SMILES string of the molecule is CCCCCCCCCCCCCCCCOC(=O)N[C@@H](CC(C)C)C(=O)NCCCCCCCC. The molecule has 0 aliphatic rings. The molecule has 5 heteroatoms. The highest BCUT2D eigenvalue weighted by molar-refractivity contribution is 5.85. The Kier molecular flexibility index (Phi) is 25.9. The van der Waals surface area contributed by atoms with Crippen LogP contribution in [0.2, 0.25) is 0 Å². The van der Waals surface area contributed by atoms with Crippen LogP contribution in [0, 0.1) is 5.92 Å². The highest BCUT2D eigenvalue weighted by Gasteiger charge is 2.22. The minimum Gasteiger partial charge on any atom is -0.450 e. The summed E-state index contributed by atoms with van der Waals surface area (Å²) in [5.41, 5.74) is 0. The number of carbonyl (C=O) groups is 2. The lowest BCUT2D eigenvalue weighted by atomic mass is 10.0. The van der Waals surface area contributed by atoms with Gasteiger partial charge in [-0.2, -0.15) is 0 Å². The van der Waals surface area contributed by atoms with E-state index < -0.39 is 12.1 Å². The van der Waals surface area contributed by atoms with Gasteiger partial charge in [0.2, 0.25) is 5.91 Å². The van der Waals surface area contributed by atoms with Crippen molar-refractivity contribution in [1.29, 1.82) is 0 Å². The first-order chi connectivity index (χ1) is 17.5. The number of hydrogen-bond donors (Lipinski definition) is 2. The van der Waals surface area contributed by atoms with E-state index in [9.17, 15) is 9.59 Å². The van der Waals surface area contributed by atoms with Crippen LogP contribution in [0.1, 0.15) is 163 Å². The average Bonchev–Trinajstić information content (AvgIpc) is 2.85. The first-order valence-corrected chi connectivity index (χ1v) is 15.7. The third kappa shape index (κ3) is 24.4. The molecule has 0 rings (SSSR count). The maximum atomic E-state index is 12.6. The Balaban J connectivity index is 3.76. The lowest BCUT2D eigenvalue weighted by Gasteiger charge is -2.20. The lowest BCUT2D eigenvalue weighted by molar-refractivity contribution is -0.123. The van der Waals surface area contributed by atoms with Gasteiger partial charge < -0.3 is 15.4 Å². The van der Waals surface area contributed by atoms with E-state index in [2.05, 4.69) is 38.3 Å². The minimum atomic E-state index is -0.520. The van der Waals surface area contributed by atoms with Crippen LogP contribution in [0.4, 0.5) is 4.79 Å². The molecule has 0 aliphatic carbocycles. The average molecular weight is 511 g/mol. The van der Waals surface area contributed by atoms with Crippen molar-refractivity contribution in [3.63, 3.8) is 0 Å². The monoisotopic (exact) mass is 510 g/mol. The quantitative estimate of drug-likeness (QED) is 0.114. The molecular formula is C31H62N2O3. The zero-order valence-electron chi connectivity index (χ0n) is 24.6. The predicted molar refractivity (Wildman–Crippen MR) is 154 cm³/mol. The molecule has 0 aromatic heterocycles. The molecule has 0 fully saturated rings. The Morgan fingerprint density at radius 2 is 1.03 bits per heavy atom. The molecule has 2 amide bonds. The van der Waals surface area contributed by atoms with Crippen LogP contribution in [0.25, 0.3) is 0 Å². The largest absolute Gasteiger partial charge is 0.450 e. The van der Waals surface area contributed by atoms with Crippen LogP contribution >= 0.6 is 0 Å². The van der Waals surface area contributed by atoms with E-state index in [0.717, 1.165) is 25.7 Å². The maximum Gasteiger partial charge on any atom is 0.407 e. The zero-order valence-corrected chi connectivity index (χ0v) is 24.6. The fourth-order valence-corrected chi connectivity index (χ4v) is 4.59. The number of carbonyl (C=O) groups excluding carboxylic acids is 2. The number of ether oxygens (including phenoxy) is 1. The number of alkyl carbamates (subject to hydrolysis) is 1. The Morgan fingerprint density at radius 1 is 0.611 bits per heavy atom. The molecule has 1 atom stereocenters. The van der Waals surface area contributed by atoms with Crippen LogP contribution in [0.5, 0.6) is 0 Å². The van der Waals surface area contributed by atoms with Gasteiger partial charge in [0.05, 0.1) is 6.61 Å². The molecule has 0 radical (unpaired) electrons. The second-order valence-electron chi connectivity index (χ2n) is 11.1. The molecule has 0 bridgehead atoms. The molecule has 0 aromatic rings. The summed E-state index contributed by atoms with van der Waals surface area (Å²) >= 11 is 0. The van der Waals surface area contributed by atoms with Gasteiger partial charge in [0.1, 0.15) is 6.04 Å². The smallest absolute Gasteiger partial charge is 0.407 e. The third-order valence-corrected chi connectivity index (χ3v) is 6.88. The van der Waals surface area contributed by atoms with Gasteiger partial charge in [-0.15, -0.1) is 0 Å². The van der Waals surface area contributed by atoms with Crippen molar-refractivity contribution >= 4 is 12.0 Å². The fraction of sp³-hybridized carbons (Fsp3) is 0.935. The van der Waals surface area contributed by atoms with Gasteiger partial charge in [-0.3, -0.25) is 4.79 Å². The summed E-state index contributed by atoms with van der Waals surface area (Å²) in [6.45, 7) is 9.72. The van der Waals surface area contributed by atoms with Gasteiger partial charge in [-0.05, 0) is 25.2 Å². The van der Waals surface area contributed by atoms with Gasteiger partial charge >= 0.3 is 6.09 Å². The molecule has 0 aliphatic heterocycles. The standard InChI is InChI=1S/C31H62N2O3/c1-5-7-9-11-13-14-15-16-17-18-19-20-22-24-26-36-31(35)33-29(27-28(3)4)30(34)32-25-23-21-12-10-8-6-2/h28-29H,5-27H2,1-4H3,(H,32,34)(H,33,35)/t29-/m0/s1. The minimum absolute atomic E-state index is 0.0919. The molecule has 0 heterocycles. The molecule has 2 N–H and O–H groups in total. The van der Waals surface area contributed by atoms with Crippen molar-refractivity contribution in [2.24, 2.45) is 5.92 Å². The predicted octanol–water partition coefficient (Wildman–Crippen LogP) is 9.09. The zero-order chi connectivity index (χ0) is 26.7. The van der Waals surface area contributed by atoms with Crippen LogP contribution in [-0.2, 0) is 9.53 Å². The van der Waals surface area contributed by atoms with E-state index in [4.69, 9.17) is 4.74 Å². The number of rotatable bonds is 26. The van der Waals surface area contributed by atoms with Crippen molar-refractivity contribution in [3.8, 4) is 0 Å². The fourth-order valence-electron chi connectivity index (χ4n) is 4.59. The Morgan fingerprint density at radius 3 is 1.47 bits per heavy atom. The molecule has 5 nitrogen and oxygen atoms in total. The number of hydrogen-bond acceptors (Lipinski definition) is 3. The van der Waals surface area contributed by atoms with Crippen molar-refractivity contribution < 1.29 is 14.3 Å². The molecule has 0 saturated heterocycles. The highest BCUT2D eigenvalue weighted by atomic mass is 16.5. The van der Waals surface area contributed by atoms with Crippen LogP contribution in [-0.4, -0.2) is 31.2 Å². The van der Waals surface area contributed by atoms with Gasteiger partial charge in [0.25, 0.3) is 0 Å². The topological polar surface area (TPSA) is 67.4 Å². The number of amides is 2. The highest BCUT2D eigenvalue weighted by Crippen LogP contribution is 2.13. The van der Waals surface area contributed by atoms with Crippen molar-refractivity contribution in [2.45, 2.75) is 169 Å². The van der Waals surface area contributed by atoms with Crippen molar-refractivity contribution in [1.82, 2.24) is 10.6 Å². The van der Waals surface area contributed by atoms with Gasteiger partial charge in [0, 0.05) is 6.54 Å². The summed E-state index contributed by atoms with van der Waals surface area (Å²) in [4.78, 5) is 24.8. The second-order valence-corrected chi connectivity index (χ2v) is 11.1. The summed E-state index contributed by atoms with van der Waals surface area (Å²) in [6.07, 6.45) is 25.6. The van der Waals surface area contributed by atoms with E-state index in [1.807, 2.05) is 0 Å². The first-order valence-electron chi connectivity index (χ1n) is 15.7. The lowest BCUT2D eigenvalue weighted by Crippen LogP contribution is -2.47. The molecular weight excluding hydrogens is 448 g/mol. The molecule has 0 aromatic carbocycles. The third-order valence-electron chi connectivity index (χ3n) is 6.88. The van der Waals surface area contributed by atoms with E-state index >= 15 is 0 Å². The Bertz CT molecular complexity index is 496. The van der Waals surface area contributed by atoms with E-state index in [1.54, 1.807) is 0 Å². The van der Waals surface area contributed by atoms with Crippen LogP contribution in [0.3, 0.4) is 0 Å². The van der Waals surface area contributed by atoms with Gasteiger partial charge in [-0.25, -0.2) is 4.79 Å². The van der Waals surface area contributed by atoms with Crippen molar-refractivity contribution in [3.05, 3.63) is 0 Å². The normalized spacial score (nSPS) is 12.0. The summed E-state index contributed by atoms with van der Waals surface area (Å²) in [6, 6.07) is -0.520. The van der Waals surface area contributed by atoms with Gasteiger partial charge in [0.15, 0.2) is 0 Å². The molecule has 0 saturated carbocycles. The van der Waals surface area contributed by atoms with Crippen LogP contribution in [0.15, 0.2) is 0 Å². The second kappa shape index (κ2) is 26.8. The summed E-state index contributed by atoms with van der Waals surface area (Å²) in [5, 5.41) is 5.79. The number of unbranched alkanes of at least 4 members (excludes halogenated alkanes) is 18. The van der Waals surface area contributed by atoms with Crippen LogP contribution < -0.4 is 10.6 Å². The Labute approximate surface area is 224 Å². The van der Waals surface area contributed by atoms with E-state index in [1.165, 1.54) is 103 Å².